The second-order valence-corrected chi connectivity index (χ2v) is 9.68. The Labute approximate surface area is 193 Å². The van der Waals surface area contributed by atoms with Crippen molar-refractivity contribution in [2.45, 2.75) is 65.0 Å². The average molecular weight is 451 g/mol. The van der Waals surface area contributed by atoms with E-state index in [1.807, 2.05) is 55.7 Å². The van der Waals surface area contributed by atoms with E-state index in [4.69, 9.17) is 0 Å². The van der Waals surface area contributed by atoms with E-state index in [1.165, 1.54) is 12.1 Å². The van der Waals surface area contributed by atoms with Gasteiger partial charge in [-0.05, 0) is 61.4 Å². The van der Waals surface area contributed by atoms with Gasteiger partial charge in [-0.15, -0.1) is 0 Å². The van der Waals surface area contributed by atoms with Gasteiger partial charge in [0.05, 0.1) is 0 Å². The molecule has 3 aromatic rings. The van der Waals surface area contributed by atoms with Crippen LogP contribution in [0.2, 0.25) is 0 Å². The number of amides is 1. The first-order valence-corrected chi connectivity index (χ1v) is 11.6. The third-order valence-corrected chi connectivity index (χ3v) is 6.78. The fraction of sp³-hybridized carbons (Fsp3) is 0.407. The number of benzene rings is 2. The molecule has 1 aliphatic rings. The van der Waals surface area contributed by atoms with Crippen molar-refractivity contribution in [3.8, 4) is 0 Å². The summed E-state index contributed by atoms with van der Waals surface area (Å²) in [5.41, 5.74) is 3.17. The number of halogens is 1. The van der Waals surface area contributed by atoms with Crippen LogP contribution in [-0.4, -0.2) is 27.6 Å². The first-order chi connectivity index (χ1) is 15.7. The van der Waals surface area contributed by atoms with E-state index in [1.54, 1.807) is 6.07 Å². The number of hydrogen-bond acceptors (Lipinski definition) is 2. The van der Waals surface area contributed by atoms with Crippen molar-refractivity contribution in [3.05, 3.63) is 71.2 Å². The molecule has 33 heavy (non-hydrogen) atoms. The van der Waals surface area contributed by atoms with Gasteiger partial charge in [0.15, 0.2) is 0 Å². The summed E-state index contributed by atoms with van der Waals surface area (Å²) in [6, 6.07) is 13.7. The Balaban J connectivity index is 1.61. The summed E-state index contributed by atoms with van der Waals surface area (Å²) in [6.45, 7) is 5.74. The van der Waals surface area contributed by atoms with Gasteiger partial charge in [0, 0.05) is 28.1 Å². The van der Waals surface area contributed by atoms with Gasteiger partial charge in [-0.2, -0.15) is 0 Å². The Kier molecular flexibility index (Phi) is 6.28. The summed E-state index contributed by atoms with van der Waals surface area (Å²) in [5.74, 6) is -1.24. The highest BCUT2D eigenvalue weighted by atomic mass is 19.1. The summed E-state index contributed by atoms with van der Waals surface area (Å²) >= 11 is 0. The number of carboxylic acid groups (broad SMARTS) is 1. The molecular weight excluding hydrogens is 419 g/mol. The zero-order valence-corrected chi connectivity index (χ0v) is 19.4. The van der Waals surface area contributed by atoms with Crippen LogP contribution in [0.5, 0.6) is 0 Å². The molecule has 0 spiro atoms. The lowest BCUT2D eigenvalue weighted by Crippen LogP contribution is -2.46. The lowest BCUT2D eigenvalue weighted by Gasteiger charge is -2.30. The topological polar surface area (TPSA) is 71.3 Å². The van der Waals surface area contributed by atoms with Crippen LogP contribution in [-0.2, 0) is 28.9 Å². The second-order valence-electron chi connectivity index (χ2n) is 9.68. The molecule has 2 aromatic carbocycles. The van der Waals surface area contributed by atoms with Gasteiger partial charge in [-0.3, -0.25) is 4.79 Å². The maximum Gasteiger partial charge on any atom is 0.326 e. The normalized spacial score (nSPS) is 16.9. The molecule has 1 unspecified atom stereocenters. The van der Waals surface area contributed by atoms with Crippen molar-refractivity contribution in [3.63, 3.8) is 0 Å². The first-order valence-electron chi connectivity index (χ1n) is 11.6. The SMILES string of the molecule is CCC(C(=O)O)n1c2c(c3cc(F)ccc31)C[C@@H](NC(=O)C(C)(C)Cc1ccccc1)CC2. The zero-order chi connectivity index (χ0) is 23.8. The zero-order valence-electron chi connectivity index (χ0n) is 19.4. The Hall–Kier alpha value is -3.15. The van der Waals surface area contributed by atoms with Crippen LogP contribution in [0.1, 0.15) is 56.5 Å². The molecule has 1 aromatic heterocycles. The van der Waals surface area contributed by atoms with E-state index in [9.17, 15) is 19.1 Å². The number of hydrogen-bond donors (Lipinski definition) is 2. The van der Waals surface area contributed by atoms with E-state index in [0.29, 0.717) is 25.7 Å². The fourth-order valence-electron chi connectivity index (χ4n) is 5.08. The first kappa shape index (κ1) is 23.0. The van der Waals surface area contributed by atoms with Crippen molar-refractivity contribution < 1.29 is 19.1 Å². The molecular formula is C27H31FN2O3. The molecule has 1 aliphatic carbocycles. The molecule has 6 heteroatoms. The molecule has 0 aliphatic heterocycles. The molecule has 5 nitrogen and oxygen atoms in total. The van der Waals surface area contributed by atoms with E-state index in [0.717, 1.165) is 34.1 Å². The minimum absolute atomic E-state index is 0.00769. The highest BCUT2D eigenvalue weighted by Gasteiger charge is 2.34. The molecule has 0 radical (unpaired) electrons. The third-order valence-electron chi connectivity index (χ3n) is 6.78. The summed E-state index contributed by atoms with van der Waals surface area (Å²) < 4.78 is 16.0. The van der Waals surface area contributed by atoms with Gasteiger partial charge in [0.2, 0.25) is 5.91 Å². The molecule has 2 atom stereocenters. The molecule has 4 rings (SSSR count). The van der Waals surface area contributed by atoms with Gasteiger partial charge in [0.25, 0.3) is 0 Å². The largest absolute Gasteiger partial charge is 0.480 e. The molecule has 2 N–H and O–H groups in total. The summed E-state index contributed by atoms with van der Waals surface area (Å²) in [6.07, 6.45) is 3.00. The minimum Gasteiger partial charge on any atom is -0.480 e. The van der Waals surface area contributed by atoms with E-state index >= 15 is 0 Å². The lowest BCUT2D eigenvalue weighted by molar-refractivity contribution is -0.141. The van der Waals surface area contributed by atoms with Gasteiger partial charge in [-0.25, -0.2) is 9.18 Å². The van der Waals surface area contributed by atoms with Crippen LogP contribution in [0.15, 0.2) is 48.5 Å². The molecule has 0 bridgehead atoms. The highest BCUT2D eigenvalue weighted by Crippen LogP contribution is 2.36. The number of nitrogens with zero attached hydrogens (tertiary/aromatic N) is 1. The fourth-order valence-corrected chi connectivity index (χ4v) is 5.08. The minimum atomic E-state index is -0.889. The van der Waals surface area contributed by atoms with Gasteiger partial charge in [-0.1, -0.05) is 51.1 Å². The quantitative estimate of drug-likeness (QED) is 0.529. The van der Waals surface area contributed by atoms with Crippen LogP contribution in [0.3, 0.4) is 0 Å². The van der Waals surface area contributed by atoms with Gasteiger partial charge < -0.3 is 15.0 Å². The van der Waals surface area contributed by atoms with Crippen molar-refractivity contribution in [1.82, 2.24) is 9.88 Å². The monoisotopic (exact) mass is 450 g/mol. The van der Waals surface area contributed by atoms with Crippen molar-refractivity contribution >= 4 is 22.8 Å². The molecule has 1 heterocycles. The van der Waals surface area contributed by atoms with Crippen molar-refractivity contribution in [2.24, 2.45) is 5.41 Å². The van der Waals surface area contributed by atoms with E-state index < -0.39 is 17.4 Å². The smallest absolute Gasteiger partial charge is 0.326 e. The number of nitrogens with one attached hydrogen (secondary N) is 1. The van der Waals surface area contributed by atoms with Crippen LogP contribution >= 0.6 is 0 Å². The standard InChI is InChI=1S/C27H31FN2O3/c1-4-22(25(31)32)30-23-12-10-18(28)14-20(23)21-15-19(11-13-24(21)30)29-26(33)27(2,3)16-17-8-6-5-7-9-17/h5-10,12,14,19,22H,4,11,13,15-16H2,1-3H3,(H,29,33)(H,31,32)/t19-,22?/m0/s1. The van der Waals surface area contributed by atoms with Crippen LogP contribution in [0, 0.1) is 11.2 Å². The van der Waals surface area contributed by atoms with Crippen LogP contribution in [0.25, 0.3) is 10.9 Å². The Morgan fingerprint density at radius 3 is 2.61 bits per heavy atom. The molecule has 174 valence electrons. The van der Waals surface area contributed by atoms with Gasteiger partial charge >= 0.3 is 5.97 Å². The Morgan fingerprint density at radius 2 is 1.94 bits per heavy atom. The molecule has 1 amide bonds. The van der Waals surface area contributed by atoms with Gasteiger partial charge in [0.1, 0.15) is 11.9 Å². The van der Waals surface area contributed by atoms with Crippen molar-refractivity contribution in [1.29, 1.82) is 0 Å². The van der Waals surface area contributed by atoms with Crippen molar-refractivity contribution in [2.75, 3.05) is 0 Å². The second kappa shape index (κ2) is 9.00. The molecule has 0 saturated carbocycles. The summed E-state index contributed by atoms with van der Waals surface area (Å²) in [5, 5.41) is 13.7. The maximum absolute atomic E-state index is 14.1. The van der Waals surface area contributed by atoms with Crippen LogP contribution in [0.4, 0.5) is 4.39 Å². The van der Waals surface area contributed by atoms with E-state index in [-0.39, 0.29) is 17.8 Å². The third kappa shape index (κ3) is 4.52. The summed E-state index contributed by atoms with van der Waals surface area (Å²) in [7, 11) is 0. The maximum atomic E-state index is 14.1. The number of fused-ring (bicyclic) bond motifs is 3. The van der Waals surface area contributed by atoms with Crippen LogP contribution < -0.4 is 5.32 Å². The number of aromatic nitrogens is 1. The number of carbonyl (C=O) groups is 2. The summed E-state index contributed by atoms with van der Waals surface area (Å²) in [4.78, 5) is 25.1. The lowest BCUT2D eigenvalue weighted by atomic mass is 9.83. The Morgan fingerprint density at radius 1 is 1.21 bits per heavy atom. The number of carboxylic acids is 1. The highest BCUT2D eigenvalue weighted by molar-refractivity contribution is 5.88. The number of carbonyl (C=O) groups excluding carboxylic acids is 1. The molecule has 0 saturated heterocycles. The predicted octanol–water partition coefficient (Wildman–Crippen LogP) is 5.06. The average Bonchev–Trinajstić information content (AvgIpc) is 3.07. The van der Waals surface area contributed by atoms with E-state index in [2.05, 4.69) is 5.32 Å². The number of aliphatic carboxylic acids is 1. The predicted molar refractivity (Wildman–Crippen MR) is 127 cm³/mol. The number of rotatable bonds is 7. The Bertz CT molecular complexity index is 1180. The molecule has 0 fully saturated rings.